The van der Waals surface area contributed by atoms with Crippen LogP contribution < -0.4 is 4.57 Å². The van der Waals surface area contributed by atoms with Crippen LogP contribution in [0.1, 0.15) is 19.8 Å². The molecule has 0 bridgehead atoms. The zero-order valence-corrected chi connectivity index (χ0v) is 13.3. The first-order chi connectivity index (χ1) is 11.4. The Kier molecular flexibility index (Phi) is 3.54. The van der Waals surface area contributed by atoms with E-state index in [1.165, 1.54) is 23.9 Å². The van der Waals surface area contributed by atoms with Crippen molar-refractivity contribution >= 4 is 22.1 Å². The Balaban J connectivity index is 1.76. The Morgan fingerprint density at radius 2 is 1.78 bits per heavy atom. The lowest BCUT2D eigenvalue weighted by Gasteiger charge is -1.99. The number of unbranched alkanes of at least 4 members (excludes halogenated alkanes) is 1. The summed E-state index contributed by atoms with van der Waals surface area (Å²) in [5.74, 6) is 0. The third-order valence-electron chi connectivity index (χ3n) is 4.24. The molecule has 2 heterocycles. The van der Waals surface area contributed by atoms with Crippen LogP contribution >= 0.6 is 0 Å². The topological polar surface area (TPSA) is 39.5 Å². The molecule has 4 aromatic rings. The van der Waals surface area contributed by atoms with Gasteiger partial charge in [-0.05, 0) is 30.7 Å². The van der Waals surface area contributed by atoms with Crippen LogP contribution in [0.3, 0.4) is 0 Å². The van der Waals surface area contributed by atoms with Crippen LogP contribution in [0.2, 0.25) is 0 Å². The molecule has 0 spiro atoms. The molecule has 116 valence electrons. The predicted octanol–water partition coefficient (Wildman–Crippen LogP) is 2.98. The monoisotopic (exact) mass is 306 g/mol. The molecule has 0 N–H and O–H groups in total. The van der Waals surface area contributed by atoms with E-state index >= 15 is 0 Å². The van der Waals surface area contributed by atoms with Crippen LogP contribution in [0.15, 0.2) is 54.9 Å². The largest absolute Gasteiger partial charge is 0.246 e. The zero-order chi connectivity index (χ0) is 15.6. The van der Waals surface area contributed by atoms with Gasteiger partial charge < -0.3 is 0 Å². The first kappa shape index (κ1) is 13.9. The fourth-order valence-electron chi connectivity index (χ4n) is 3.03. The molecular weight excluding hydrogens is 286 g/mol. The van der Waals surface area contributed by atoms with Crippen molar-refractivity contribution in [3.63, 3.8) is 0 Å². The van der Waals surface area contributed by atoms with Crippen molar-refractivity contribution in [3.8, 4) is 0 Å². The highest BCUT2D eigenvalue weighted by Crippen LogP contribution is 2.13. The van der Waals surface area contributed by atoms with Crippen molar-refractivity contribution < 1.29 is 4.57 Å². The molecule has 5 heteroatoms. The molecule has 4 rings (SSSR count). The number of fused-ring (bicyclic) bond motifs is 2. The van der Waals surface area contributed by atoms with E-state index in [0.29, 0.717) is 6.67 Å². The number of nitrogens with zero attached hydrogens (tertiary/aromatic N) is 5. The molecule has 0 amide bonds. The number of aromatic nitrogens is 5. The fraction of sp³-hybridized carbons (Fsp3) is 0.278. The van der Waals surface area contributed by atoms with E-state index in [4.69, 9.17) is 0 Å². The molecule has 0 saturated carbocycles. The quantitative estimate of drug-likeness (QED) is 0.532. The van der Waals surface area contributed by atoms with E-state index in [9.17, 15) is 0 Å². The highest BCUT2D eigenvalue weighted by Gasteiger charge is 2.16. The molecule has 0 saturated heterocycles. The molecule has 2 aromatic heterocycles. The summed E-state index contributed by atoms with van der Waals surface area (Å²) in [6, 6.07) is 16.6. The third kappa shape index (κ3) is 2.48. The Morgan fingerprint density at radius 1 is 1.00 bits per heavy atom. The van der Waals surface area contributed by atoms with Gasteiger partial charge in [0.2, 0.25) is 6.33 Å². The number of rotatable bonds is 5. The first-order valence-electron chi connectivity index (χ1n) is 8.12. The van der Waals surface area contributed by atoms with Crippen LogP contribution in [-0.4, -0.2) is 19.6 Å². The van der Waals surface area contributed by atoms with E-state index < -0.39 is 0 Å². The molecule has 23 heavy (non-hydrogen) atoms. The molecule has 0 aliphatic carbocycles. The lowest BCUT2D eigenvalue weighted by atomic mass is 10.3. The van der Waals surface area contributed by atoms with E-state index in [1.54, 1.807) is 0 Å². The van der Waals surface area contributed by atoms with Crippen LogP contribution in [-0.2, 0) is 13.2 Å². The summed E-state index contributed by atoms with van der Waals surface area (Å²) in [5.41, 5.74) is 4.49. The molecular formula is C18H20N5+. The highest BCUT2D eigenvalue weighted by atomic mass is 15.5. The minimum atomic E-state index is 0.667. The molecule has 0 fully saturated rings. The molecule has 0 atom stereocenters. The minimum absolute atomic E-state index is 0.667. The normalized spacial score (nSPS) is 11.5. The van der Waals surface area contributed by atoms with E-state index in [2.05, 4.69) is 63.0 Å². The van der Waals surface area contributed by atoms with Crippen molar-refractivity contribution in [2.45, 2.75) is 33.0 Å². The number of imidazole rings is 1. The second kappa shape index (κ2) is 5.83. The number of hydrogen-bond donors (Lipinski definition) is 0. The number of para-hydroxylation sites is 3. The fourth-order valence-corrected chi connectivity index (χ4v) is 3.03. The van der Waals surface area contributed by atoms with E-state index in [1.807, 2.05) is 22.9 Å². The Morgan fingerprint density at radius 3 is 2.65 bits per heavy atom. The van der Waals surface area contributed by atoms with Gasteiger partial charge in [-0.15, -0.1) is 5.10 Å². The van der Waals surface area contributed by atoms with E-state index in [0.717, 1.165) is 17.6 Å². The van der Waals surface area contributed by atoms with Gasteiger partial charge in [0.25, 0.3) is 0 Å². The molecule has 0 unspecified atom stereocenters. The van der Waals surface area contributed by atoms with Crippen molar-refractivity contribution in [1.29, 1.82) is 0 Å². The van der Waals surface area contributed by atoms with Gasteiger partial charge in [0.05, 0.1) is 12.1 Å². The Hall–Kier alpha value is -2.69. The molecule has 5 nitrogen and oxygen atoms in total. The molecule has 2 aromatic carbocycles. The van der Waals surface area contributed by atoms with E-state index in [-0.39, 0.29) is 0 Å². The predicted molar refractivity (Wildman–Crippen MR) is 90.0 cm³/mol. The summed E-state index contributed by atoms with van der Waals surface area (Å²) in [6.45, 7) is 3.93. The second-order valence-corrected chi connectivity index (χ2v) is 5.84. The Bertz CT molecular complexity index is 950. The lowest BCUT2D eigenvalue weighted by Crippen LogP contribution is -2.36. The lowest BCUT2D eigenvalue weighted by molar-refractivity contribution is -0.677. The summed E-state index contributed by atoms with van der Waals surface area (Å²) >= 11 is 0. The summed E-state index contributed by atoms with van der Waals surface area (Å²) in [4.78, 5) is 0. The van der Waals surface area contributed by atoms with Crippen LogP contribution in [0.4, 0.5) is 0 Å². The Labute approximate surface area is 134 Å². The zero-order valence-electron chi connectivity index (χ0n) is 13.3. The SMILES string of the molecule is CCCCn1c[n+](Cn2nnc3ccccc32)c2ccccc21. The first-order valence-corrected chi connectivity index (χ1v) is 8.12. The molecule has 0 aliphatic heterocycles. The standard InChI is InChI=1S/C18H20N5/c1-2-3-12-21-13-22(18-11-7-6-10-17(18)21)14-23-16-9-5-4-8-15(16)19-20-23/h4-11,13H,2-3,12,14H2,1H3/q+1. The summed E-state index contributed by atoms with van der Waals surface area (Å²) in [5, 5.41) is 8.55. The third-order valence-corrected chi connectivity index (χ3v) is 4.24. The summed E-state index contributed by atoms with van der Waals surface area (Å²) < 4.78 is 6.52. The second-order valence-electron chi connectivity index (χ2n) is 5.84. The minimum Gasteiger partial charge on any atom is -0.230 e. The van der Waals surface area contributed by atoms with Gasteiger partial charge in [0, 0.05) is 0 Å². The highest BCUT2D eigenvalue weighted by molar-refractivity contribution is 5.74. The van der Waals surface area contributed by atoms with Crippen molar-refractivity contribution in [2.24, 2.45) is 0 Å². The number of aryl methyl sites for hydroxylation is 1. The van der Waals surface area contributed by atoms with Gasteiger partial charge in [-0.25, -0.2) is 13.8 Å². The molecule has 0 aliphatic rings. The maximum absolute atomic E-state index is 4.31. The summed E-state index contributed by atoms with van der Waals surface area (Å²) in [6.07, 6.45) is 4.57. The average molecular weight is 306 g/mol. The summed E-state index contributed by atoms with van der Waals surface area (Å²) in [7, 11) is 0. The maximum Gasteiger partial charge on any atom is 0.246 e. The van der Waals surface area contributed by atoms with Crippen LogP contribution in [0, 0.1) is 0 Å². The van der Waals surface area contributed by atoms with Crippen molar-refractivity contribution in [3.05, 3.63) is 54.9 Å². The smallest absolute Gasteiger partial charge is 0.230 e. The van der Waals surface area contributed by atoms with Gasteiger partial charge >= 0.3 is 0 Å². The maximum atomic E-state index is 4.31. The van der Waals surface area contributed by atoms with Crippen LogP contribution in [0.25, 0.3) is 22.1 Å². The van der Waals surface area contributed by atoms with Gasteiger partial charge in [-0.2, -0.15) is 0 Å². The van der Waals surface area contributed by atoms with Crippen LogP contribution in [0.5, 0.6) is 0 Å². The van der Waals surface area contributed by atoms with Crippen molar-refractivity contribution in [1.82, 2.24) is 19.6 Å². The van der Waals surface area contributed by atoms with Gasteiger partial charge in [0.1, 0.15) is 5.52 Å². The number of benzene rings is 2. The van der Waals surface area contributed by atoms with Gasteiger partial charge in [0.15, 0.2) is 17.7 Å². The van der Waals surface area contributed by atoms with Gasteiger partial charge in [-0.3, -0.25) is 0 Å². The number of hydrogen-bond acceptors (Lipinski definition) is 2. The molecule has 0 radical (unpaired) electrons. The van der Waals surface area contributed by atoms with Gasteiger partial charge in [-0.1, -0.05) is 42.8 Å². The van der Waals surface area contributed by atoms with Crippen molar-refractivity contribution in [2.75, 3.05) is 0 Å². The average Bonchev–Trinajstić information content (AvgIpc) is 3.16.